The van der Waals surface area contributed by atoms with Gasteiger partial charge in [0.25, 0.3) is 5.91 Å². The van der Waals surface area contributed by atoms with Gasteiger partial charge in [-0.15, -0.1) is 0 Å². The fourth-order valence-electron chi connectivity index (χ4n) is 2.15. The number of thiol groups is 1. The van der Waals surface area contributed by atoms with Crippen LogP contribution < -0.4 is 5.32 Å². The number of hydrogen-bond acceptors (Lipinski definition) is 3. The van der Waals surface area contributed by atoms with E-state index in [1.165, 1.54) is 0 Å². The van der Waals surface area contributed by atoms with Gasteiger partial charge in [0, 0.05) is 5.56 Å². The van der Waals surface area contributed by atoms with Gasteiger partial charge < -0.3 is 10.4 Å². The lowest BCUT2D eigenvalue weighted by Crippen LogP contribution is -2.41. The molecule has 0 aromatic heterocycles. The number of carboxylic acids is 1. The van der Waals surface area contributed by atoms with Crippen molar-refractivity contribution in [1.82, 2.24) is 5.32 Å². The number of nitrogens with one attached hydrogen (secondary N) is 1. The van der Waals surface area contributed by atoms with Crippen molar-refractivity contribution in [2.24, 2.45) is 0 Å². The highest BCUT2D eigenvalue weighted by Crippen LogP contribution is 2.13. The summed E-state index contributed by atoms with van der Waals surface area (Å²) in [4.78, 5) is 23.4. The molecule has 0 spiro atoms. The molecule has 1 rings (SSSR count). The average Bonchev–Trinajstić information content (AvgIpc) is 2.47. The molecule has 1 amide bonds. The van der Waals surface area contributed by atoms with Gasteiger partial charge in [0.15, 0.2) is 0 Å². The Hall–Kier alpha value is -1.49. The molecule has 0 saturated heterocycles. The molecule has 1 atom stereocenters. The van der Waals surface area contributed by atoms with Gasteiger partial charge >= 0.3 is 5.97 Å². The largest absolute Gasteiger partial charge is 0.480 e. The van der Waals surface area contributed by atoms with Crippen LogP contribution in [-0.4, -0.2) is 28.8 Å². The lowest BCUT2D eigenvalue weighted by molar-refractivity contribution is -0.139. The molecule has 0 saturated carbocycles. The third kappa shape index (κ3) is 5.79. The maximum Gasteiger partial charge on any atom is 0.326 e. The van der Waals surface area contributed by atoms with Gasteiger partial charge in [-0.3, -0.25) is 4.79 Å². The fourth-order valence-corrected chi connectivity index (χ4v) is 2.41. The van der Waals surface area contributed by atoms with Gasteiger partial charge in [-0.05, 0) is 36.6 Å². The molecule has 0 aliphatic carbocycles. The molecular weight excluding hydrogens is 286 g/mol. The number of unbranched alkanes of at least 4 members (excludes halogenated alkanes) is 2. The predicted octanol–water partition coefficient (Wildman–Crippen LogP) is 2.92. The SMILES string of the molecule is CCCCCc1ccccc1C(=O)N[C@@H](CCS)C(=O)O. The first-order valence-corrected chi connectivity index (χ1v) is 7.95. The van der Waals surface area contributed by atoms with E-state index in [2.05, 4.69) is 24.9 Å². The Labute approximate surface area is 131 Å². The van der Waals surface area contributed by atoms with Crippen LogP contribution in [0.5, 0.6) is 0 Å². The molecular formula is C16H23NO3S. The number of aryl methyl sites for hydroxylation is 1. The number of aliphatic carboxylic acids is 1. The first-order valence-electron chi connectivity index (χ1n) is 7.32. The smallest absolute Gasteiger partial charge is 0.326 e. The first-order chi connectivity index (χ1) is 10.1. The van der Waals surface area contributed by atoms with E-state index in [1.807, 2.05) is 12.1 Å². The Kier molecular flexibility index (Phi) is 7.90. The summed E-state index contributed by atoms with van der Waals surface area (Å²) >= 11 is 4.03. The Morgan fingerprint density at radius 2 is 2.00 bits per heavy atom. The minimum absolute atomic E-state index is 0.308. The predicted molar refractivity (Wildman–Crippen MR) is 87.0 cm³/mol. The number of carboxylic acid groups (broad SMARTS) is 1. The van der Waals surface area contributed by atoms with Gasteiger partial charge in [0.1, 0.15) is 6.04 Å². The molecule has 0 aliphatic heterocycles. The highest BCUT2D eigenvalue weighted by atomic mass is 32.1. The van der Waals surface area contributed by atoms with E-state index >= 15 is 0 Å². The van der Waals surface area contributed by atoms with Gasteiger partial charge in [-0.1, -0.05) is 38.0 Å². The maximum atomic E-state index is 12.3. The Bertz CT molecular complexity index is 476. The van der Waals surface area contributed by atoms with E-state index in [1.54, 1.807) is 12.1 Å². The van der Waals surface area contributed by atoms with Crippen LogP contribution in [0.4, 0.5) is 0 Å². The van der Waals surface area contributed by atoms with E-state index in [9.17, 15) is 9.59 Å². The van der Waals surface area contributed by atoms with Crippen molar-refractivity contribution in [3.8, 4) is 0 Å². The summed E-state index contributed by atoms with van der Waals surface area (Å²) in [5.41, 5.74) is 1.54. The summed E-state index contributed by atoms with van der Waals surface area (Å²) in [7, 11) is 0. The minimum Gasteiger partial charge on any atom is -0.480 e. The van der Waals surface area contributed by atoms with E-state index < -0.39 is 12.0 Å². The van der Waals surface area contributed by atoms with Crippen LogP contribution in [0, 0.1) is 0 Å². The molecule has 21 heavy (non-hydrogen) atoms. The molecule has 1 aromatic carbocycles. The van der Waals surface area contributed by atoms with Crippen molar-refractivity contribution in [3.05, 3.63) is 35.4 Å². The van der Waals surface area contributed by atoms with Crippen molar-refractivity contribution in [2.45, 2.75) is 45.1 Å². The van der Waals surface area contributed by atoms with Gasteiger partial charge in [-0.25, -0.2) is 4.79 Å². The molecule has 0 radical (unpaired) electrons. The molecule has 116 valence electrons. The number of carbonyl (C=O) groups excluding carboxylic acids is 1. The monoisotopic (exact) mass is 309 g/mol. The zero-order valence-corrected chi connectivity index (χ0v) is 13.2. The second kappa shape index (κ2) is 9.45. The van der Waals surface area contributed by atoms with E-state index in [0.717, 1.165) is 31.2 Å². The van der Waals surface area contributed by atoms with Crippen LogP contribution in [0.3, 0.4) is 0 Å². The quantitative estimate of drug-likeness (QED) is 0.485. The molecule has 4 nitrogen and oxygen atoms in total. The highest BCUT2D eigenvalue weighted by molar-refractivity contribution is 7.80. The van der Waals surface area contributed by atoms with Gasteiger partial charge in [-0.2, -0.15) is 12.6 Å². The summed E-state index contributed by atoms with van der Waals surface area (Å²) in [5.74, 6) is -0.938. The van der Waals surface area contributed by atoms with Gasteiger partial charge in [0.2, 0.25) is 0 Å². The Morgan fingerprint density at radius 3 is 2.62 bits per heavy atom. The Balaban J connectivity index is 2.78. The van der Waals surface area contributed by atoms with Crippen LogP contribution in [0.2, 0.25) is 0 Å². The fraction of sp³-hybridized carbons (Fsp3) is 0.500. The standard InChI is InChI=1S/C16H23NO3S/c1-2-3-4-7-12-8-5-6-9-13(12)15(18)17-14(10-11-21)16(19)20/h5-6,8-9,14,21H,2-4,7,10-11H2,1H3,(H,17,18)(H,19,20)/t14-/m0/s1. The van der Waals surface area contributed by atoms with Crippen LogP contribution in [0.25, 0.3) is 0 Å². The second-order valence-electron chi connectivity index (χ2n) is 4.99. The number of rotatable bonds is 9. The zero-order valence-electron chi connectivity index (χ0n) is 12.3. The minimum atomic E-state index is -1.03. The molecule has 0 bridgehead atoms. The van der Waals surface area contributed by atoms with Crippen LogP contribution in [0.1, 0.15) is 48.5 Å². The van der Waals surface area contributed by atoms with E-state index in [-0.39, 0.29) is 5.91 Å². The van der Waals surface area contributed by atoms with Crippen molar-refractivity contribution < 1.29 is 14.7 Å². The van der Waals surface area contributed by atoms with Crippen molar-refractivity contribution in [2.75, 3.05) is 5.75 Å². The molecule has 0 unspecified atom stereocenters. The number of carbonyl (C=O) groups is 2. The van der Waals surface area contributed by atoms with Crippen molar-refractivity contribution >= 4 is 24.5 Å². The molecule has 5 heteroatoms. The van der Waals surface area contributed by atoms with Crippen molar-refractivity contribution in [3.63, 3.8) is 0 Å². The van der Waals surface area contributed by atoms with Crippen LogP contribution in [-0.2, 0) is 11.2 Å². The normalized spacial score (nSPS) is 11.9. The number of hydrogen-bond donors (Lipinski definition) is 3. The number of amides is 1. The Morgan fingerprint density at radius 1 is 1.29 bits per heavy atom. The molecule has 2 N–H and O–H groups in total. The molecule has 0 fully saturated rings. The maximum absolute atomic E-state index is 12.3. The lowest BCUT2D eigenvalue weighted by Gasteiger charge is -2.15. The van der Waals surface area contributed by atoms with E-state index in [0.29, 0.717) is 17.7 Å². The summed E-state index contributed by atoms with van der Waals surface area (Å²) < 4.78 is 0. The molecule has 0 heterocycles. The van der Waals surface area contributed by atoms with E-state index in [4.69, 9.17) is 5.11 Å². The topological polar surface area (TPSA) is 66.4 Å². The summed E-state index contributed by atoms with van der Waals surface area (Å²) in [5, 5.41) is 11.7. The summed E-state index contributed by atoms with van der Waals surface area (Å²) in [6, 6.07) is 6.49. The third-order valence-electron chi connectivity index (χ3n) is 3.33. The highest BCUT2D eigenvalue weighted by Gasteiger charge is 2.20. The third-order valence-corrected chi connectivity index (χ3v) is 3.59. The molecule has 1 aromatic rings. The number of benzene rings is 1. The first kappa shape index (κ1) is 17.6. The molecule has 0 aliphatic rings. The summed E-state index contributed by atoms with van der Waals surface area (Å²) in [6.45, 7) is 2.13. The second-order valence-corrected chi connectivity index (χ2v) is 5.44. The summed E-state index contributed by atoms with van der Waals surface area (Å²) in [6.07, 6.45) is 4.41. The van der Waals surface area contributed by atoms with Crippen molar-refractivity contribution in [1.29, 1.82) is 0 Å². The van der Waals surface area contributed by atoms with Crippen LogP contribution >= 0.6 is 12.6 Å². The average molecular weight is 309 g/mol. The lowest BCUT2D eigenvalue weighted by atomic mass is 10.0. The van der Waals surface area contributed by atoms with Crippen LogP contribution in [0.15, 0.2) is 24.3 Å². The zero-order chi connectivity index (χ0) is 15.7. The van der Waals surface area contributed by atoms with Gasteiger partial charge in [0.05, 0.1) is 0 Å².